The lowest BCUT2D eigenvalue weighted by Gasteiger charge is -2.23. The van der Waals surface area contributed by atoms with Gasteiger partial charge in [-0.25, -0.2) is 9.37 Å². The quantitative estimate of drug-likeness (QED) is 0.630. The van der Waals surface area contributed by atoms with Crippen molar-refractivity contribution in [3.63, 3.8) is 0 Å². The number of piperidine rings is 1. The molecule has 1 aliphatic rings. The highest BCUT2D eigenvalue weighted by Gasteiger charge is 2.23. The first-order valence-corrected chi connectivity index (χ1v) is 10.9. The van der Waals surface area contributed by atoms with Crippen molar-refractivity contribution in [2.24, 2.45) is 0 Å². The molecule has 1 aromatic carbocycles. The Bertz CT molecular complexity index is 1010. The van der Waals surface area contributed by atoms with Crippen LogP contribution in [0.15, 0.2) is 48.8 Å². The lowest BCUT2D eigenvalue weighted by molar-refractivity contribution is -0.903. The second-order valence-electron chi connectivity index (χ2n) is 8.34. The summed E-state index contributed by atoms with van der Waals surface area (Å²) in [6.07, 6.45) is 7.91. The van der Waals surface area contributed by atoms with E-state index in [1.165, 1.54) is 44.5 Å². The van der Waals surface area contributed by atoms with E-state index >= 15 is 0 Å². The van der Waals surface area contributed by atoms with E-state index in [-0.39, 0.29) is 24.1 Å². The highest BCUT2D eigenvalue weighted by molar-refractivity contribution is 5.77. The summed E-state index contributed by atoms with van der Waals surface area (Å²) in [4.78, 5) is 18.9. The molecule has 1 fully saturated rings. The maximum Gasteiger partial charge on any atom is 0.221 e. The van der Waals surface area contributed by atoms with Crippen LogP contribution in [0.5, 0.6) is 0 Å². The predicted octanol–water partition coefficient (Wildman–Crippen LogP) is 2.49. The number of hydrogen-bond donors (Lipinski definition) is 2. The summed E-state index contributed by atoms with van der Waals surface area (Å²) in [6, 6.07) is 10.5. The molecule has 1 amide bonds. The molecule has 6 heteroatoms. The molecule has 1 saturated heterocycles. The zero-order valence-corrected chi connectivity index (χ0v) is 17.5. The zero-order chi connectivity index (χ0) is 20.9. The van der Waals surface area contributed by atoms with Crippen molar-refractivity contribution in [2.45, 2.75) is 38.5 Å². The highest BCUT2D eigenvalue weighted by atomic mass is 19.1. The molecule has 0 spiro atoms. The highest BCUT2D eigenvalue weighted by Crippen LogP contribution is 2.29. The van der Waals surface area contributed by atoms with Crippen molar-refractivity contribution in [1.82, 2.24) is 14.7 Å². The Morgan fingerprint density at radius 2 is 2.07 bits per heavy atom. The molecule has 0 unspecified atom stereocenters. The van der Waals surface area contributed by atoms with Gasteiger partial charge in [0.15, 0.2) is 0 Å². The van der Waals surface area contributed by atoms with Gasteiger partial charge in [-0.1, -0.05) is 12.1 Å². The van der Waals surface area contributed by atoms with E-state index in [1.807, 2.05) is 35.7 Å². The molecule has 2 aromatic heterocycles. The van der Waals surface area contributed by atoms with Gasteiger partial charge in [-0.15, -0.1) is 0 Å². The third-order valence-corrected chi connectivity index (χ3v) is 6.06. The van der Waals surface area contributed by atoms with Crippen LogP contribution < -0.4 is 10.2 Å². The summed E-state index contributed by atoms with van der Waals surface area (Å²) in [6.45, 7) is 6.06. The molecule has 0 radical (unpaired) electrons. The largest absolute Gasteiger partial charge is 0.350 e. The van der Waals surface area contributed by atoms with Crippen LogP contribution in [0.1, 0.15) is 48.4 Å². The van der Waals surface area contributed by atoms with E-state index in [1.54, 1.807) is 17.2 Å². The molecule has 1 atom stereocenters. The number of carbonyl (C=O) groups excluding carboxylic acids is 1. The van der Waals surface area contributed by atoms with Gasteiger partial charge in [-0.3, -0.25) is 4.79 Å². The standard InChI is InChI=1S/C24H29FN4O/c1-18-8-12-29-22(17-27-23(29)14-18)21(19-6-5-7-20(25)15-19)16-24(30)26-9-13-28-10-3-2-4-11-28/h5-8,12,14-15,17,21H,2-4,9-11,13,16H2,1H3,(H,26,30)/p+1/t21-/m1/s1. The maximum absolute atomic E-state index is 14.0. The first-order valence-electron chi connectivity index (χ1n) is 10.9. The number of imidazole rings is 1. The topological polar surface area (TPSA) is 50.8 Å². The molecule has 0 saturated carbocycles. The Balaban J connectivity index is 1.51. The summed E-state index contributed by atoms with van der Waals surface area (Å²) in [5, 5.41) is 3.08. The lowest BCUT2D eigenvalue weighted by atomic mass is 9.92. The molecule has 30 heavy (non-hydrogen) atoms. The number of nitrogens with zero attached hydrogens (tertiary/aromatic N) is 2. The number of fused-ring (bicyclic) bond motifs is 1. The van der Waals surface area contributed by atoms with Crippen molar-refractivity contribution < 1.29 is 14.1 Å². The van der Waals surface area contributed by atoms with Gasteiger partial charge in [-0.2, -0.15) is 0 Å². The van der Waals surface area contributed by atoms with Crippen molar-refractivity contribution in [2.75, 3.05) is 26.2 Å². The van der Waals surface area contributed by atoms with Crippen molar-refractivity contribution in [3.05, 3.63) is 71.4 Å². The third kappa shape index (κ3) is 4.87. The summed E-state index contributed by atoms with van der Waals surface area (Å²) in [7, 11) is 0. The summed E-state index contributed by atoms with van der Waals surface area (Å²) < 4.78 is 15.9. The fourth-order valence-electron chi connectivity index (χ4n) is 4.41. The van der Waals surface area contributed by atoms with Crippen LogP contribution in [0, 0.1) is 12.7 Å². The van der Waals surface area contributed by atoms with E-state index in [2.05, 4.69) is 10.3 Å². The molecule has 3 heterocycles. The predicted molar refractivity (Wildman–Crippen MR) is 115 cm³/mol. The monoisotopic (exact) mass is 409 g/mol. The van der Waals surface area contributed by atoms with Gasteiger partial charge < -0.3 is 14.6 Å². The van der Waals surface area contributed by atoms with E-state index in [9.17, 15) is 9.18 Å². The molecule has 1 aliphatic heterocycles. The average Bonchev–Trinajstić information content (AvgIpc) is 3.15. The second-order valence-corrected chi connectivity index (χ2v) is 8.34. The third-order valence-electron chi connectivity index (χ3n) is 6.06. The molecular weight excluding hydrogens is 379 g/mol. The molecule has 0 bridgehead atoms. The van der Waals surface area contributed by atoms with Crippen LogP contribution in [0.2, 0.25) is 0 Å². The smallest absolute Gasteiger partial charge is 0.221 e. The summed E-state index contributed by atoms with van der Waals surface area (Å²) in [5.74, 6) is -0.570. The number of carbonyl (C=O) groups is 1. The first-order chi connectivity index (χ1) is 14.6. The van der Waals surface area contributed by atoms with Gasteiger partial charge in [0.1, 0.15) is 11.5 Å². The van der Waals surface area contributed by atoms with Crippen LogP contribution in [0.4, 0.5) is 4.39 Å². The van der Waals surface area contributed by atoms with Crippen molar-refractivity contribution in [3.8, 4) is 0 Å². The van der Waals surface area contributed by atoms with E-state index in [0.717, 1.165) is 29.0 Å². The number of pyridine rings is 1. The number of nitrogens with one attached hydrogen (secondary N) is 2. The van der Waals surface area contributed by atoms with Gasteiger partial charge in [0.05, 0.1) is 31.9 Å². The summed E-state index contributed by atoms with van der Waals surface area (Å²) in [5.41, 5.74) is 3.64. The lowest BCUT2D eigenvalue weighted by Crippen LogP contribution is -3.13. The van der Waals surface area contributed by atoms with E-state index in [4.69, 9.17) is 0 Å². The Morgan fingerprint density at radius 1 is 1.23 bits per heavy atom. The number of aromatic nitrogens is 2. The SMILES string of the molecule is Cc1ccn2c([C@H](CC(=O)NCC[NH+]3CCCCC3)c3cccc(F)c3)cnc2c1. The number of quaternary nitrogens is 1. The molecule has 2 N–H and O–H groups in total. The van der Waals surface area contributed by atoms with Crippen LogP contribution in [0.25, 0.3) is 5.65 Å². The minimum absolute atomic E-state index is 0.0114. The average molecular weight is 410 g/mol. The van der Waals surface area contributed by atoms with Gasteiger partial charge in [-0.05, 0) is 61.6 Å². The molecule has 5 nitrogen and oxygen atoms in total. The van der Waals surface area contributed by atoms with Crippen LogP contribution in [-0.2, 0) is 4.79 Å². The fourth-order valence-corrected chi connectivity index (χ4v) is 4.41. The molecule has 4 rings (SSSR count). The van der Waals surface area contributed by atoms with Crippen molar-refractivity contribution >= 4 is 11.6 Å². The molecule has 3 aromatic rings. The Morgan fingerprint density at radius 3 is 2.87 bits per heavy atom. The zero-order valence-electron chi connectivity index (χ0n) is 17.5. The Labute approximate surface area is 176 Å². The normalized spacial score (nSPS) is 15.9. The number of rotatable bonds is 7. The van der Waals surface area contributed by atoms with Gasteiger partial charge in [0, 0.05) is 24.7 Å². The second kappa shape index (κ2) is 9.39. The van der Waals surface area contributed by atoms with Gasteiger partial charge in [0.25, 0.3) is 0 Å². The summed E-state index contributed by atoms with van der Waals surface area (Å²) >= 11 is 0. The number of likely N-dealkylation sites (tertiary alicyclic amines) is 1. The number of aryl methyl sites for hydroxylation is 1. The van der Waals surface area contributed by atoms with E-state index < -0.39 is 0 Å². The molecule has 0 aliphatic carbocycles. The minimum atomic E-state index is -0.295. The number of amides is 1. The number of benzene rings is 1. The maximum atomic E-state index is 14.0. The number of halogens is 1. The van der Waals surface area contributed by atoms with Crippen molar-refractivity contribution in [1.29, 1.82) is 0 Å². The van der Waals surface area contributed by atoms with E-state index in [0.29, 0.717) is 6.54 Å². The number of hydrogen-bond acceptors (Lipinski definition) is 2. The Hall–Kier alpha value is -2.73. The minimum Gasteiger partial charge on any atom is -0.350 e. The van der Waals surface area contributed by atoms with Crippen LogP contribution in [-0.4, -0.2) is 41.5 Å². The fraction of sp³-hybridized carbons (Fsp3) is 0.417. The van der Waals surface area contributed by atoms with Crippen LogP contribution >= 0.6 is 0 Å². The molecule has 158 valence electrons. The Kier molecular flexibility index (Phi) is 6.43. The van der Waals surface area contributed by atoms with Gasteiger partial charge >= 0.3 is 0 Å². The first kappa shape index (κ1) is 20.5. The molecular formula is C24H30FN4O+. The van der Waals surface area contributed by atoms with Gasteiger partial charge in [0.2, 0.25) is 5.91 Å². The van der Waals surface area contributed by atoms with Crippen LogP contribution in [0.3, 0.4) is 0 Å².